The van der Waals surface area contributed by atoms with Gasteiger partial charge in [-0.3, -0.25) is 0 Å². The van der Waals surface area contributed by atoms with E-state index in [2.05, 4.69) is 15.1 Å². The zero-order chi connectivity index (χ0) is 10.5. The Labute approximate surface area is 87.5 Å². The van der Waals surface area contributed by atoms with Gasteiger partial charge >= 0.3 is 0 Å². The highest BCUT2D eigenvalue weighted by Gasteiger charge is 1.96. The van der Waals surface area contributed by atoms with Crippen LogP contribution in [0.15, 0.2) is 48.1 Å². The molecule has 0 aliphatic carbocycles. The van der Waals surface area contributed by atoms with Crippen LogP contribution in [0.2, 0.25) is 0 Å². The smallest absolute Gasteiger partial charge is 0.115 e. The van der Waals surface area contributed by atoms with Crippen molar-refractivity contribution in [3.8, 4) is 11.1 Å². The van der Waals surface area contributed by atoms with Gasteiger partial charge in [0.05, 0.1) is 6.21 Å². The van der Waals surface area contributed by atoms with E-state index in [1.54, 1.807) is 18.6 Å². The minimum absolute atomic E-state index is 0.970. The molecule has 0 radical (unpaired) electrons. The number of rotatable bonds is 2. The van der Waals surface area contributed by atoms with Crippen molar-refractivity contribution >= 4 is 6.21 Å². The minimum Gasteiger partial charge on any atom is -0.323 e. The monoisotopic (exact) mass is 198 g/mol. The number of hydrogen-bond acceptors (Lipinski definition) is 4. The SMILES string of the molecule is NN=Cc1ccc(-c2cncnc2)cc1. The molecule has 1 heterocycles. The Hall–Kier alpha value is -2.23. The molecule has 0 atom stereocenters. The molecule has 0 fully saturated rings. The summed E-state index contributed by atoms with van der Waals surface area (Å²) in [5.41, 5.74) is 3.04. The molecule has 74 valence electrons. The fraction of sp³-hybridized carbons (Fsp3) is 0. The van der Waals surface area contributed by atoms with Crippen LogP contribution in [0, 0.1) is 0 Å². The van der Waals surface area contributed by atoms with Gasteiger partial charge in [-0.1, -0.05) is 24.3 Å². The molecule has 4 heteroatoms. The van der Waals surface area contributed by atoms with Gasteiger partial charge in [-0.2, -0.15) is 5.10 Å². The highest BCUT2D eigenvalue weighted by molar-refractivity contribution is 5.80. The van der Waals surface area contributed by atoms with Crippen molar-refractivity contribution in [2.45, 2.75) is 0 Å². The van der Waals surface area contributed by atoms with Crippen LogP contribution in [0.4, 0.5) is 0 Å². The molecule has 4 nitrogen and oxygen atoms in total. The van der Waals surface area contributed by atoms with Gasteiger partial charge in [0.15, 0.2) is 0 Å². The lowest BCUT2D eigenvalue weighted by molar-refractivity contribution is 1.17. The Morgan fingerprint density at radius 2 is 1.67 bits per heavy atom. The Bertz CT molecular complexity index is 448. The largest absolute Gasteiger partial charge is 0.323 e. The lowest BCUT2D eigenvalue weighted by atomic mass is 10.1. The summed E-state index contributed by atoms with van der Waals surface area (Å²) < 4.78 is 0. The third-order valence-electron chi connectivity index (χ3n) is 2.03. The fourth-order valence-electron chi connectivity index (χ4n) is 1.30. The topological polar surface area (TPSA) is 64.2 Å². The Balaban J connectivity index is 2.32. The molecule has 0 spiro atoms. The summed E-state index contributed by atoms with van der Waals surface area (Å²) in [7, 11) is 0. The maximum atomic E-state index is 5.06. The van der Waals surface area contributed by atoms with Crippen molar-refractivity contribution in [1.82, 2.24) is 9.97 Å². The maximum Gasteiger partial charge on any atom is 0.115 e. The van der Waals surface area contributed by atoms with E-state index in [9.17, 15) is 0 Å². The first kappa shape index (κ1) is 9.33. The molecule has 2 N–H and O–H groups in total. The van der Waals surface area contributed by atoms with E-state index in [0.717, 1.165) is 16.7 Å². The second kappa shape index (κ2) is 4.32. The average molecular weight is 198 g/mol. The van der Waals surface area contributed by atoms with E-state index in [1.807, 2.05) is 24.3 Å². The molecule has 0 saturated carbocycles. The van der Waals surface area contributed by atoms with Gasteiger partial charge in [-0.25, -0.2) is 9.97 Å². The zero-order valence-corrected chi connectivity index (χ0v) is 8.04. The predicted molar refractivity (Wildman–Crippen MR) is 59.2 cm³/mol. The molecule has 0 unspecified atom stereocenters. The van der Waals surface area contributed by atoms with Crippen molar-refractivity contribution in [3.63, 3.8) is 0 Å². The number of hydrazone groups is 1. The number of nitrogens with two attached hydrogens (primary N) is 1. The van der Waals surface area contributed by atoms with Crippen LogP contribution in [0.3, 0.4) is 0 Å². The van der Waals surface area contributed by atoms with Gasteiger partial charge in [-0.05, 0) is 11.1 Å². The molecule has 0 amide bonds. The highest BCUT2D eigenvalue weighted by Crippen LogP contribution is 2.16. The molecule has 1 aromatic heterocycles. The van der Waals surface area contributed by atoms with Crippen LogP contribution in [0.5, 0.6) is 0 Å². The number of nitrogens with zero attached hydrogens (tertiary/aromatic N) is 3. The molecule has 0 saturated heterocycles. The molecular formula is C11H10N4. The standard InChI is InChI=1S/C11H10N4/c12-15-5-9-1-3-10(4-2-9)11-6-13-8-14-7-11/h1-8H,12H2. The van der Waals surface area contributed by atoms with Gasteiger partial charge < -0.3 is 5.84 Å². The van der Waals surface area contributed by atoms with Crippen molar-refractivity contribution in [2.75, 3.05) is 0 Å². The van der Waals surface area contributed by atoms with Gasteiger partial charge in [0.2, 0.25) is 0 Å². The highest BCUT2D eigenvalue weighted by atomic mass is 15.1. The first-order valence-electron chi connectivity index (χ1n) is 4.49. The van der Waals surface area contributed by atoms with E-state index in [-0.39, 0.29) is 0 Å². The Kier molecular flexibility index (Phi) is 2.69. The third kappa shape index (κ3) is 2.17. The summed E-state index contributed by atoms with van der Waals surface area (Å²) in [6.45, 7) is 0. The molecular weight excluding hydrogens is 188 g/mol. The summed E-state index contributed by atoms with van der Waals surface area (Å²) >= 11 is 0. The van der Waals surface area contributed by atoms with Crippen LogP contribution in [0.1, 0.15) is 5.56 Å². The van der Waals surface area contributed by atoms with Crippen LogP contribution < -0.4 is 5.84 Å². The zero-order valence-electron chi connectivity index (χ0n) is 8.04. The molecule has 2 aromatic rings. The second-order valence-corrected chi connectivity index (χ2v) is 3.03. The summed E-state index contributed by atoms with van der Waals surface area (Å²) in [5.74, 6) is 5.06. The fourth-order valence-corrected chi connectivity index (χ4v) is 1.30. The number of benzene rings is 1. The molecule has 15 heavy (non-hydrogen) atoms. The van der Waals surface area contributed by atoms with Crippen molar-refractivity contribution < 1.29 is 0 Å². The van der Waals surface area contributed by atoms with Crippen molar-refractivity contribution in [2.24, 2.45) is 10.9 Å². The summed E-state index contributed by atoms with van der Waals surface area (Å²) in [6.07, 6.45) is 6.67. The number of aromatic nitrogens is 2. The van der Waals surface area contributed by atoms with Crippen molar-refractivity contribution in [3.05, 3.63) is 48.5 Å². The lowest BCUT2D eigenvalue weighted by Crippen LogP contribution is -1.87. The van der Waals surface area contributed by atoms with Gasteiger partial charge in [0.25, 0.3) is 0 Å². The first-order valence-corrected chi connectivity index (χ1v) is 4.49. The molecule has 2 rings (SSSR count). The normalized spacial score (nSPS) is 10.7. The van der Waals surface area contributed by atoms with Crippen LogP contribution in [0.25, 0.3) is 11.1 Å². The Morgan fingerprint density at radius 3 is 2.27 bits per heavy atom. The molecule has 0 bridgehead atoms. The minimum atomic E-state index is 0.970. The van der Waals surface area contributed by atoms with Crippen LogP contribution >= 0.6 is 0 Å². The lowest BCUT2D eigenvalue weighted by Gasteiger charge is -1.99. The third-order valence-corrected chi connectivity index (χ3v) is 2.03. The maximum absolute atomic E-state index is 5.06. The predicted octanol–water partition coefficient (Wildman–Crippen LogP) is 1.44. The quantitative estimate of drug-likeness (QED) is 0.451. The van der Waals surface area contributed by atoms with Crippen LogP contribution in [-0.2, 0) is 0 Å². The summed E-state index contributed by atoms with van der Waals surface area (Å²) in [6, 6.07) is 7.85. The van der Waals surface area contributed by atoms with Gasteiger partial charge in [0, 0.05) is 18.0 Å². The van der Waals surface area contributed by atoms with Crippen molar-refractivity contribution in [1.29, 1.82) is 0 Å². The summed E-state index contributed by atoms with van der Waals surface area (Å²) in [5, 5.41) is 3.46. The van der Waals surface area contributed by atoms with E-state index >= 15 is 0 Å². The molecule has 1 aromatic carbocycles. The van der Waals surface area contributed by atoms with Gasteiger partial charge in [0.1, 0.15) is 6.33 Å². The molecule has 0 aliphatic heterocycles. The van der Waals surface area contributed by atoms with E-state index < -0.39 is 0 Å². The van der Waals surface area contributed by atoms with E-state index in [0.29, 0.717) is 0 Å². The van der Waals surface area contributed by atoms with E-state index in [1.165, 1.54) is 6.33 Å². The first-order chi connectivity index (χ1) is 7.40. The average Bonchev–Trinajstić information content (AvgIpc) is 2.32. The van der Waals surface area contributed by atoms with E-state index in [4.69, 9.17) is 5.84 Å². The number of hydrogen-bond donors (Lipinski definition) is 1. The Morgan fingerprint density at radius 1 is 1.00 bits per heavy atom. The second-order valence-electron chi connectivity index (χ2n) is 3.03. The summed E-state index contributed by atoms with van der Waals surface area (Å²) in [4.78, 5) is 7.92. The van der Waals surface area contributed by atoms with Crippen LogP contribution in [-0.4, -0.2) is 16.2 Å². The molecule has 0 aliphatic rings. The van der Waals surface area contributed by atoms with Gasteiger partial charge in [-0.15, -0.1) is 0 Å².